The molecular formula is C24H30FN5OS2. The molecule has 0 saturated carbocycles. The van der Waals surface area contributed by atoms with Gasteiger partial charge in [-0.15, -0.1) is 21.5 Å². The van der Waals surface area contributed by atoms with Crippen molar-refractivity contribution in [3.8, 4) is 5.69 Å². The largest absolute Gasteiger partial charge is 0.340 e. The monoisotopic (exact) mass is 487 g/mol. The first kappa shape index (κ1) is 23.9. The van der Waals surface area contributed by atoms with E-state index >= 15 is 0 Å². The Balaban J connectivity index is 1.53. The Morgan fingerprint density at radius 3 is 2.58 bits per heavy atom. The van der Waals surface area contributed by atoms with Crippen molar-refractivity contribution in [3.63, 3.8) is 0 Å². The summed E-state index contributed by atoms with van der Waals surface area (Å²) in [5.74, 6) is 0.832. The molecule has 0 bridgehead atoms. The molecule has 1 amide bonds. The summed E-state index contributed by atoms with van der Waals surface area (Å²) in [6.07, 6.45) is 3.62. The number of amides is 1. The van der Waals surface area contributed by atoms with Gasteiger partial charge in [-0.25, -0.2) is 4.39 Å². The first-order chi connectivity index (χ1) is 15.9. The molecule has 4 rings (SSSR count). The maximum Gasteiger partial charge on any atom is 0.233 e. The lowest BCUT2D eigenvalue weighted by molar-refractivity contribution is -0.127. The average molecular weight is 488 g/mol. The van der Waals surface area contributed by atoms with Gasteiger partial charge in [-0.05, 0) is 81.1 Å². The molecule has 176 valence electrons. The molecule has 3 heterocycles. The smallest absolute Gasteiger partial charge is 0.233 e. The van der Waals surface area contributed by atoms with Crippen molar-refractivity contribution < 1.29 is 9.18 Å². The van der Waals surface area contributed by atoms with Crippen LogP contribution in [0.3, 0.4) is 0 Å². The molecule has 1 fully saturated rings. The van der Waals surface area contributed by atoms with Crippen molar-refractivity contribution in [3.05, 3.63) is 57.8 Å². The van der Waals surface area contributed by atoms with Gasteiger partial charge in [0.2, 0.25) is 5.91 Å². The van der Waals surface area contributed by atoms with Crippen LogP contribution >= 0.6 is 23.1 Å². The maximum atomic E-state index is 13.6. The van der Waals surface area contributed by atoms with E-state index in [1.807, 2.05) is 17.0 Å². The summed E-state index contributed by atoms with van der Waals surface area (Å²) in [7, 11) is 1.83. The number of halogens is 1. The van der Waals surface area contributed by atoms with Gasteiger partial charge in [-0.1, -0.05) is 18.2 Å². The highest BCUT2D eigenvalue weighted by atomic mass is 32.2. The summed E-state index contributed by atoms with van der Waals surface area (Å²) in [4.78, 5) is 18.2. The van der Waals surface area contributed by atoms with Crippen LogP contribution in [0, 0.1) is 12.7 Å². The lowest BCUT2D eigenvalue weighted by Gasteiger charge is -2.31. The van der Waals surface area contributed by atoms with Gasteiger partial charge in [-0.3, -0.25) is 14.3 Å². The third kappa shape index (κ3) is 5.65. The summed E-state index contributed by atoms with van der Waals surface area (Å²) in [6.45, 7) is 6.88. The molecule has 9 heteroatoms. The topological polar surface area (TPSA) is 54.3 Å². The van der Waals surface area contributed by atoms with E-state index in [4.69, 9.17) is 0 Å². The molecule has 0 radical (unpaired) electrons. The van der Waals surface area contributed by atoms with Gasteiger partial charge in [0.05, 0.1) is 18.3 Å². The standard InChI is InChI=1S/C24H30FN5OS2/c1-17-11-14-32-21(17)15-28(3)22(31)16-33-24-27-26-23(18(2)29-12-5-4-6-13-29)30(24)20-9-7-19(25)8-10-20/h7-11,14,18H,4-6,12-13,15-16H2,1-3H3. The second-order valence-corrected chi connectivity index (χ2v) is 10.4. The van der Waals surface area contributed by atoms with Crippen LogP contribution < -0.4 is 0 Å². The molecule has 6 nitrogen and oxygen atoms in total. The molecule has 1 saturated heterocycles. The van der Waals surface area contributed by atoms with E-state index in [-0.39, 0.29) is 23.5 Å². The highest BCUT2D eigenvalue weighted by Gasteiger charge is 2.26. The number of hydrogen-bond donors (Lipinski definition) is 0. The second-order valence-electron chi connectivity index (χ2n) is 8.49. The molecule has 0 spiro atoms. The number of aromatic nitrogens is 3. The van der Waals surface area contributed by atoms with E-state index in [1.54, 1.807) is 28.4 Å². The number of carbonyl (C=O) groups is 1. The average Bonchev–Trinajstić information content (AvgIpc) is 3.44. The predicted molar refractivity (Wildman–Crippen MR) is 131 cm³/mol. The van der Waals surface area contributed by atoms with Crippen LogP contribution in [0.25, 0.3) is 5.69 Å². The highest BCUT2D eigenvalue weighted by Crippen LogP contribution is 2.29. The summed E-state index contributed by atoms with van der Waals surface area (Å²) in [5.41, 5.74) is 2.01. The van der Waals surface area contributed by atoms with E-state index in [0.717, 1.165) is 24.6 Å². The van der Waals surface area contributed by atoms with Gasteiger partial charge < -0.3 is 4.90 Å². The Hall–Kier alpha value is -2.23. The van der Waals surface area contributed by atoms with Crippen molar-refractivity contribution in [2.24, 2.45) is 0 Å². The minimum absolute atomic E-state index is 0.0343. The van der Waals surface area contributed by atoms with Gasteiger partial charge in [-0.2, -0.15) is 0 Å². The number of benzene rings is 1. The molecule has 1 aromatic carbocycles. The number of piperidine rings is 1. The first-order valence-corrected chi connectivity index (χ1v) is 13.2. The van der Waals surface area contributed by atoms with Gasteiger partial charge in [0.1, 0.15) is 5.82 Å². The SMILES string of the molecule is Cc1ccsc1CN(C)C(=O)CSc1nnc(C(C)N2CCCCC2)n1-c1ccc(F)cc1. The molecule has 2 aromatic heterocycles. The van der Waals surface area contributed by atoms with E-state index < -0.39 is 0 Å². The zero-order valence-electron chi connectivity index (χ0n) is 19.3. The number of nitrogens with zero attached hydrogens (tertiary/aromatic N) is 5. The third-order valence-electron chi connectivity index (χ3n) is 6.15. The predicted octanol–water partition coefficient (Wildman–Crippen LogP) is 5.07. The van der Waals surface area contributed by atoms with Crippen LogP contribution in [-0.2, 0) is 11.3 Å². The number of thiophene rings is 1. The van der Waals surface area contributed by atoms with Crippen LogP contribution in [0.1, 0.15) is 48.5 Å². The quantitative estimate of drug-likeness (QED) is 0.415. The molecule has 1 aliphatic heterocycles. The van der Waals surface area contributed by atoms with Crippen molar-refractivity contribution in [2.45, 2.75) is 50.9 Å². The molecule has 0 aliphatic carbocycles. The van der Waals surface area contributed by atoms with Crippen molar-refractivity contribution >= 4 is 29.0 Å². The number of likely N-dealkylation sites (tertiary alicyclic amines) is 1. The number of hydrogen-bond acceptors (Lipinski definition) is 6. The third-order valence-corrected chi connectivity index (χ3v) is 8.08. The van der Waals surface area contributed by atoms with Crippen LogP contribution in [0.4, 0.5) is 4.39 Å². The van der Waals surface area contributed by atoms with Gasteiger partial charge in [0.25, 0.3) is 0 Å². The fourth-order valence-electron chi connectivity index (χ4n) is 4.05. The minimum atomic E-state index is -0.285. The van der Waals surface area contributed by atoms with Gasteiger partial charge >= 0.3 is 0 Å². The van der Waals surface area contributed by atoms with Gasteiger partial charge in [0, 0.05) is 17.6 Å². The van der Waals surface area contributed by atoms with E-state index in [0.29, 0.717) is 11.7 Å². The van der Waals surface area contributed by atoms with Crippen molar-refractivity contribution in [1.29, 1.82) is 0 Å². The number of rotatable bonds is 8. The Kier molecular flexibility index (Phi) is 7.82. The summed E-state index contributed by atoms with van der Waals surface area (Å²) in [5, 5.41) is 11.7. The molecule has 0 N–H and O–H groups in total. The fraction of sp³-hybridized carbons (Fsp3) is 0.458. The van der Waals surface area contributed by atoms with E-state index in [2.05, 4.69) is 35.0 Å². The molecule has 33 heavy (non-hydrogen) atoms. The Morgan fingerprint density at radius 2 is 1.91 bits per heavy atom. The zero-order chi connectivity index (χ0) is 23.4. The Labute approximate surface area is 202 Å². The summed E-state index contributed by atoms with van der Waals surface area (Å²) in [6, 6.07) is 8.52. The maximum absolute atomic E-state index is 13.6. The number of aryl methyl sites for hydroxylation is 1. The molecular weight excluding hydrogens is 457 g/mol. The van der Waals surface area contributed by atoms with Crippen molar-refractivity contribution in [1.82, 2.24) is 24.6 Å². The second kappa shape index (κ2) is 10.8. The number of thioether (sulfide) groups is 1. The van der Waals surface area contributed by atoms with Gasteiger partial charge in [0.15, 0.2) is 11.0 Å². The van der Waals surface area contributed by atoms with Crippen molar-refractivity contribution in [2.75, 3.05) is 25.9 Å². The fourth-order valence-corrected chi connectivity index (χ4v) is 5.91. The molecule has 1 unspecified atom stereocenters. The lowest BCUT2D eigenvalue weighted by atomic mass is 10.1. The van der Waals surface area contributed by atoms with Crippen LogP contribution in [0.15, 0.2) is 40.9 Å². The normalized spacial score (nSPS) is 15.5. The minimum Gasteiger partial charge on any atom is -0.340 e. The van der Waals surface area contributed by atoms with Crippen LogP contribution in [0.5, 0.6) is 0 Å². The first-order valence-electron chi connectivity index (χ1n) is 11.3. The zero-order valence-corrected chi connectivity index (χ0v) is 21.0. The lowest BCUT2D eigenvalue weighted by Crippen LogP contribution is -2.33. The summed E-state index contributed by atoms with van der Waals surface area (Å²) < 4.78 is 15.6. The van der Waals surface area contributed by atoms with Crippen LogP contribution in [0.2, 0.25) is 0 Å². The van der Waals surface area contributed by atoms with E-state index in [9.17, 15) is 9.18 Å². The van der Waals surface area contributed by atoms with E-state index in [1.165, 1.54) is 53.6 Å². The highest BCUT2D eigenvalue weighted by molar-refractivity contribution is 7.99. The summed E-state index contributed by atoms with van der Waals surface area (Å²) >= 11 is 3.04. The molecule has 1 aliphatic rings. The van der Waals surface area contributed by atoms with Crippen LogP contribution in [-0.4, -0.2) is 56.4 Å². The Bertz CT molecular complexity index is 1070. The molecule has 1 atom stereocenters. The molecule has 3 aromatic rings. The number of carbonyl (C=O) groups excluding carboxylic acids is 1. The Morgan fingerprint density at radius 1 is 1.18 bits per heavy atom.